The predicted octanol–water partition coefficient (Wildman–Crippen LogP) is 13.8. The van der Waals surface area contributed by atoms with Gasteiger partial charge < -0.3 is 35.2 Å². The molecule has 0 aromatic carbocycles. The summed E-state index contributed by atoms with van der Waals surface area (Å²) in [4.78, 5) is 13.1. The molecule has 1 aliphatic heterocycles. The number of carbonyl (C=O) groups is 1. The molecule has 0 bridgehead atoms. The molecule has 0 saturated carbocycles. The van der Waals surface area contributed by atoms with Crippen LogP contribution in [0.2, 0.25) is 0 Å². The first-order chi connectivity index (χ1) is 34.0. The molecule has 0 radical (unpaired) electrons. The van der Waals surface area contributed by atoms with Crippen molar-refractivity contribution < 1.29 is 51.8 Å². The molecule has 0 aromatic heterocycles. The van der Waals surface area contributed by atoms with Gasteiger partial charge in [-0.25, -0.2) is 4.18 Å². The lowest BCUT2D eigenvalue weighted by Gasteiger charge is -2.41. The summed E-state index contributed by atoms with van der Waals surface area (Å²) in [5.74, 6) is -0.229. The van der Waals surface area contributed by atoms with E-state index in [-0.39, 0.29) is 18.9 Å². The molecule has 70 heavy (non-hydrogen) atoms. The molecular formula is C57H111NO11S. The third-order valence-electron chi connectivity index (χ3n) is 14.3. The summed E-state index contributed by atoms with van der Waals surface area (Å²) in [6, 6.07) is -0.859. The van der Waals surface area contributed by atoms with Gasteiger partial charge in [-0.15, -0.1) is 0 Å². The number of ether oxygens (including phenoxy) is 2. The Bertz CT molecular complexity index is 1290. The first kappa shape index (κ1) is 66.9. The van der Waals surface area contributed by atoms with Gasteiger partial charge in [0.15, 0.2) is 6.29 Å². The third-order valence-corrected chi connectivity index (χ3v) is 14.8. The quantitative estimate of drug-likeness (QED) is 0.0193. The van der Waals surface area contributed by atoms with E-state index in [1.807, 2.05) is 0 Å². The molecule has 12 nitrogen and oxygen atoms in total. The van der Waals surface area contributed by atoms with E-state index in [4.69, 9.17) is 9.47 Å². The van der Waals surface area contributed by atoms with E-state index >= 15 is 0 Å². The average Bonchev–Trinajstić information content (AvgIpc) is 3.33. The van der Waals surface area contributed by atoms with Gasteiger partial charge >= 0.3 is 10.4 Å². The maximum absolute atomic E-state index is 13.1. The lowest BCUT2D eigenvalue weighted by atomic mass is 9.99. The van der Waals surface area contributed by atoms with Crippen LogP contribution in [0.15, 0.2) is 12.2 Å². The fourth-order valence-corrected chi connectivity index (χ4v) is 10.3. The minimum Gasteiger partial charge on any atom is -0.394 e. The third kappa shape index (κ3) is 39.3. The summed E-state index contributed by atoms with van der Waals surface area (Å²) >= 11 is 0. The zero-order valence-corrected chi connectivity index (χ0v) is 45.9. The second-order valence-corrected chi connectivity index (χ2v) is 22.0. The van der Waals surface area contributed by atoms with Gasteiger partial charge in [-0.3, -0.25) is 9.35 Å². The Labute approximate surface area is 430 Å². The van der Waals surface area contributed by atoms with Crippen LogP contribution in [-0.4, -0.2) is 95.4 Å². The van der Waals surface area contributed by atoms with E-state index in [0.717, 1.165) is 51.4 Å². The number of hydrogen-bond acceptors (Lipinski definition) is 10. The second kappa shape index (κ2) is 47.5. The maximum Gasteiger partial charge on any atom is 0.397 e. The van der Waals surface area contributed by atoms with Crippen molar-refractivity contribution in [2.24, 2.45) is 0 Å². The minimum absolute atomic E-state index is 0.229. The second-order valence-electron chi connectivity index (χ2n) is 20.9. The van der Waals surface area contributed by atoms with Gasteiger partial charge in [-0.2, -0.15) is 8.42 Å². The summed E-state index contributed by atoms with van der Waals surface area (Å²) in [5, 5.41) is 45.1. The van der Waals surface area contributed by atoms with Crippen LogP contribution in [0, 0.1) is 0 Å². The predicted molar refractivity (Wildman–Crippen MR) is 287 cm³/mol. The van der Waals surface area contributed by atoms with Crippen molar-refractivity contribution in [2.75, 3.05) is 13.2 Å². The van der Waals surface area contributed by atoms with Crippen molar-refractivity contribution in [3.8, 4) is 0 Å². The standard InChI is InChI=1S/C57H111NO11S/c1-3-5-7-9-11-13-15-17-19-21-23-24-25-26-27-29-30-32-34-36-38-40-42-44-46-51(60)50(49-67-57-55(63)56(69-70(64,65)66)54(62)52(48-59)68-57)58-53(61)47-45-43-41-39-37-35-33-31-28-22-20-18-16-14-12-10-8-6-4-2/h22,28,50-52,54-57,59-60,62-63H,3-21,23-27,29-49H2,1-2H3,(H,58,61)(H,64,65,66)/b28-22-. The van der Waals surface area contributed by atoms with Crippen LogP contribution in [0.4, 0.5) is 0 Å². The summed E-state index contributed by atoms with van der Waals surface area (Å²) < 4.78 is 47.9. The molecular weight excluding hydrogens is 907 g/mol. The Kier molecular flexibility index (Phi) is 45.4. The van der Waals surface area contributed by atoms with Crippen molar-refractivity contribution in [2.45, 2.75) is 333 Å². The van der Waals surface area contributed by atoms with E-state index in [2.05, 4.69) is 35.5 Å². The van der Waals surface area contributed by atoms with Gasteiger partial charge in [-0.1, -0.05) is 257 Å². The van der Waals surface area contributed by atoms with Gasteiger partial charge in [-0.05, 0) is 38.5 Å². The van der Waals surface area contributed by atoms with Crippen LogP contribution < -0.4 is 5.32 Å². The Morgan fingerprint density at radius 3 is 1.29 bits per heavy atom. The number of amides is 1. The molecule has 1 heterocycles. The summed E-state index contributed by atoms with van der Waals surface area (Å²) in [6.45, 7) is 3.49. The van der Waals surface area contributed by atoms with Gasteiger partial charge in [0, 0.05) is 6.42 Å². The highest BCUT2D eigenvalue weighted by Crippen LogP contribution is 2.26. The molecule has 0 spiro atoms. The largest absolute Gasteiger partial charge is 0.397 e. The molecule has 7 unspecified atom stereocenters. The average molecular weight is 1020 g/mol. The molecule has 6 N–H and O–H groups in total. The Balaban J connectivity index is 2.34. The van der Waals surface area contributed by atoms with Gasteiger partial charge in [0.05, 0.1) is 25.4 Å². The monoisotopic (exact) mass is 1020 g/mol. The number of nitrogens with one attached hydrogen (secondary N) is 1. The van der Waals surface area contributed by atoms with E-state index in [1.165, 1.54) is 205 Å². The minimum atomic E-state index is -5.08. The van der Waals surface area contributed by atoms with E-state index in [1.54, 1.807) is 0 Å². The SMILES string of the molecule is CCCCCCCCCC/C=C\CCCCCCCCCC(=O)NC(COC1OC(CO)C(O)C(OS(=O)(=O)O)C1O)C(O)CCCCCCCCCCCCCCCCCCCCCCCCCC. The molecule has 0 aromatic rings. The van der Waals surface area contributed by atoms with Crippen molar-refractivity contribution >= 4 is 16.3 Å². The highest BCUT2D eigenvalue weighted by molar-refractivity contribution is 7.80. The molecule has 1 fully saturated rings. The highest BCUT2D eigenvalue weighted by atomic mass is 32.3. The van der Waals surface area contributed by atoms with Crippen LogP contribution >= 0.6 is 0 Å². The molecule has 1 saturated heterocycles. The smallest absolute Gasteiger partial charge is 0.394 e. The normalized spacial score (nSPS) is 19.6. The molecule has 1 rings (SSSR count). The number of aliphatic hydroxyl groups is 4. The van der Waals surface area contributed by atoms with Crippen LogP contribution in [0.25, 0.3) is 0 Å². The number of hydrogen-bond donors (Lipinski definition) is 6. The first-order valence-corrected chi connectivity index (χ1v) is 30.9. The number of allylic oxidation sites excluding steroid dienone is 2. The molecule has 0 aliphatic carbocycles. The van der Waals surface area contributed by atoms with E-state index in [9.17, 15) is 38.2 Å². The zero-order chi connectivity index (χ0) is 51.2. The zero-order valence-electron chi connectivity index (χ0n) is 45.1. The summed E-state index contributed by atoms with van der Waals surface area (Å²) in [6.07, 6.45) is 47.9. The Morgan fingerprint density at radius 2 is 0.914 bits per heavy atom. The van der Waals surface area contributed by atoms with Crippen LogP contribution in [0.1, 0.15) is 290 Å². The van der Waals surface area contributed by atoms with Crippen molar-refractivity contribution in [3.63, 3.8) is 0 Å². The van der Waals surface area contributed by atoms with Crippen LogP contribution in [0.3, 0.4) is 0 Å². The van der Waals surface area contributed by atoms with Crippen LogP contribution in [-0.2, 0) is 28.9 Å². The Hall–Kier alpha value is -1.16. The van der Waals surface area contributed by atoms with Gasteiger partial charge in [0.1, 0.15) is 24.4 Å². The number of unbranched alkanes of at least 4 members (excludes halogenated alkanes) is 38. The molecule has 13 heteroatoms. The maximum atomic E-state index is 13.1. The number of carbonyl (C=O) groups excluding carboxylic acids is 1. The lowest BCUT2D eigenvalue weighted by Crippen LogP contribution is -2.61. The van der Waals surface area contributed by atoms with Crippen molar-refractivity contribution in [1.82, 2.24) is 5.32 Å². The summed E-state index contributed by atoms with van der Waals surface area (Å²) in [7, 11) is -5.08. The first-order valence-electron chi connectivity index (χ1n) is 29.6. The van der Waals surface area contributed by atoms with Crippen LogP contribution in [0.5, 0.6) is 0 Å². The fourth-order valence-electron chi connectivity index (χ4n) is 9.75. The molecule has 7 atom stereocenters. The fraction of sp³-hybridized carbons (Fsp3) is 0.947. The highest BCUT2D eigenvalue weighted by Gasteiger charge is 2.48. The Morgan fingerprint density at radius 1 is 0.557 bits per heavy atom. The lowest BCUT2D eigenvalue weighted by molar-refractivity contribution is -0.298. The number of aliphatic hydroxyl groups excluding tert-OH is 4. The van der Waals surface area contributed by atoms with Crippen molar-refractivity contribution in [1.29, 1.82) is 0 Å². The molecule has 1 amide bonds. The van der Waals surface area contributed by atoms with Gasteiger partial charge in [0.2, 0.25) is 5.91 Å². The van der Waals surface area contributed by atoms with Crippen molar-refractivity contribution in [3.05, 3.63) is 12.2 Å². The molecule has 416 valence electrons. The topological polar surface area (TPSA) is 192 Å². The van der Waals surface area contributed by atoms with Gasteiger partial charge in [0.25, 0.3) is 0 Å². The van der Waals surface area contributed by atoms with E-state index in [0.29, 0.717) is 12.8 Å². The summed E-state index contributed by atoms with van der Waals surface area (Å²) in [5.41, 5.74) is 0. The number of rotatable bonds is 52. The molecule has 1 aliphatic rings. The van der Waals surface area contributed by atoms with E-state index < -0.39 is 59.9 Å².